The van der Waals surface area contributed by atoms with Crippen molar-refractivity contribution in [2.45, 2.75) is 6.54 Å². The van der Waals surface area contributed by atoms with Crippen molar-refractivity contribution in [1.82, 2.24) is 20.2 Å². The molecule has 1 N–H and O–H groups in total. The maximum absolute atomic E-state index is 6.28. The van der Waals surface area contributed by atoms with Gasteiger partial charge in [-0.2, -0.15) is 0 Å². The lowest BCUT2D eigenvalue weighted by Gasteiger charge is -2.36. The van der Waals surface area contributed by atoms with Gasteiger partial charge in [0.15, 0.2) is 5.96 Å². The Labute approximate surface area is 161 Å². The molecule has 1 saturated heterocycles. The van der Waals surface area contributed by atoms with Crippen LogP contribution in [-0.2, 0) is 6.54 Å². The summed E-state index contributed by atoms with van der Waals surface area (Å²) in [7, 11) is 1.80. The number of hydrogen-bond donors (Lipinski definition) is 1. The number of halogens is 2. The number of aromatic nitrogens is 2. The molecule has 6 nitrogen and oxygen atoms in total. The summed E-state index contributed by atoms with van der Waals surface area (Å²) >= 11 is 9.71. The van der Waals surface area contributed by atoms with E-state index >= 15 is 0 Å². The van der Waals surface area contributed by atoms with E-state index in [2.05, 4.69) is 46.0 Å². The third-order valence-electron chi connectivity index (χ3n) is 4.08. The number of nitrogens with zero attached hydrogens (tertiary/aromatic N) is 5. The first kappa shape index (κ1) is 17.9. The third kappa shape index (κ3) is 4.61. The van der Waals surface area contributed by atoms with E-state index in [1.54, 1.807) is 19.4 Å². The summed E-state index contributed by atoms with van der Waals surface area (Å²) in [5, 5.41) is 4.14. The van der Waals surface area contributed by atoms with Gasteiger partial charge in [-0.25, -0.2) is 9.97 Å². The number of guanidine groups is 1. The summed E-state index contributed by atoms with van der Waals surface area (Å²) in [5.74, 6) is 1.67. The predicted molar refractivity (Wildman–Crippen MR) is 105 cm³/mol. The van der Waals surface area contributed by atoms with E-state index < -0.39 is 0 Å². The van der Waals surface area contributed by atoms with E-state index in [9.17, 15) is 0 Å². The summed E-state index contributed by atoms with van der Waals surface area (Å²) in [6.07, 6.45) is 3.55. The lowest BCUT2D eigenvalue weighted by Crippen LogP contribution is -2.52. The van der Waals surface area contributed by atoms with Gasteiger partial charge in [-0.1, -0.05) is 33.6 Å². The summed E-state index contributed by atoms with van der Waals surface area (Å²) in [6, 6.07) is 7.74. The molecule has 1 aliphatic heterocycles. The van der Waals surface area contributed by atoms with Crippen LogP contribution in [0.1, 0.15) is 5.56 Å². The highest BCUT2D eigenvalue weighted by molar-refractivity contribution is 9.10. The number of anilines is 1. The number of nitrogens with one attached hydrogen (secondary N) is 1. The van der Waals surface area contributed by atoms with Crippen molar-refractivity contribution in [1.29, 1.82) is 0 Å². The molecule has 1 fully saturated rings. The lowest BCUT2D eigenvalue weighted by molar-refractivity contribution is 0.370. The Hall–Kier alpha value is -1.86. The van der Waals surface area contributed by atoms with Crippen molar-refractivity contribution >= 4 is 39.4 Å². The summed E-state index contributed by atoms with van der Waals surface area (Å²) in [5.41, 5.74) is 1.04. The standard InChI is InChI=1S/C17H20BrClN6/c1-20-16(23-12-13-3-4-14(18)11-15(13)19)24-7-9-25(10-8-24)17-21-5-2-6-22-17/h2-6,11H,7-10,12H2,1H3,(H,20,23). The third-order valence-corrected chi connectivity index (χ3v) is 4.92. The smallest absolute Gasteiger partial charge is 0.225 e. The van der Waals surface area contributed by atoms with Crippen LogP contribution in [0.15, 0.2) is 46.1 Å². The Kier molecular flexibility index (Phi) is 6.09. The zero-order valence-corrected chi connectivity index (χ0v) is 16.3. The van der Waals surface area contributed by atoms with Crippen LogP contribution < -0.4 is 10.2 Å². The van der Waals surface area contributed by atoms with Gasteiger partial charge in [-0.3, -0.25) is 4.99 Å². The van der Waals surface area contributed by atoms with Gasteiger partial charge in [-0.05, 0) is 23.8 Å². The van der Waals surface area contributed by atoms with Crippen LogP contribution in [0.5, 0.6) is 0 Å². The normalized spacial score (nSPS) is 15.4. The van der Waals surface area contributed by atoms with Gasteiger partial charge in [0.25, 0.3) is 0 Å². The molecule has 0 unspecified atom stereocenters. The Morgan fingerprint density at radius 2 is 1.96 bits per heavy atom. The molecule has 1 aromatic heterocycles. The number of piperazine rings is 1. The molecular formula is C17H20BrClN6. The Morgan fingerprint density at radius 3 is 2.60 bits per heavy atom. The average molecular weight is 424 g/mol. The van der Waals surface area contributed by atoms with E-state index in [4.69, 9.17) is 11.6 Å². The monoisotopic (exact) mass is 422 g/mol. The molecule has 0 spiro atoms. The van der Waals surface area contributed by atoms with Crippen molar-refractivity contribution in [3.05, 3.63) is 51.7 Å². The van der Waals surface area contributed by atoms with E-state index in [0.29, 0.717) is 6.54 Å². The molecule has 132 valence electrons. The second-order valence-corrected chi connectivity index (χ2v) is 6.98. The van der Waals surface area contributed by atoms with Crippen LogP contribution >= 0.6 is 27.5 Å². The molecule has 0 radical (unpaired) electrons. The van der Waals surface area contributed by atoms with Crippen LogP contribution in [0.3, 0.4) is 0 Å². The highest BCUT2D eigenvalue weighted by Gasteiger charge is 2.21. The van der Waals surface area contributed by atoms with E-state index in [0.717, 1.165) is 53.1 Å². The first-order chi connectivity index (χ1) is 12.2. The second kappa shape index (κ2) is 8.49. The van der Waals surface area contributed by atoms with E-state index in [1.807, 2.05) is 24.3 Å². The summed E-state index contributed by atoms with van der Waals surface area (Å²) < 4.78 is 0.977. The van der Waals surface area contributed by atoms with Gasteiger partial charge in [0.2, 0.25) is 5.95 Å². The molecule has 3 rings (SSSR count). The zero-order chi connectivity index (χ0) is 17.6. The highest BCUT2D eigenvalue weighted by atomic mass is 79.9. The predicted octanol–water partition coefficient (Wildman–Crippen LogP) is 2.79. The van der Waals surface area contributed by atoms with Gasteiger partial charge in [0.05, 0.1) is 0 Å². The fourth-order valence-corrected chi connectivity index (χ4v) is 3.48. The number of aliphatic imine (C=N–C) groups is 1. The maximum Gasteiger partial charge on any atom is 0.225 e. The molecule has 2 heterocycles. The minimum atomic E-state index is 0.640. The van der Waals surface area contributed by atoms with E-state index in [-0.39, 0.29) is 0 Å². The maximum atomic E-state index is 6.28. The lowest BCUT2D eigenvalue weighted by atomic mass is 10.2. The van der Waals surface area contributed by atoms with Crippen molar-refractivity contribution in [2.75, 3.05) is 38.1 Å². The van der Waals surface area contributed by atoms with Crippen LogP contribution in [0.4, 0.5) is 5.95 Å². The molecule has 0 bridgehead atoms. The van der Waals surface area contributed by atoms with Crippen molar-refractivity contribution in [2.24, 2.45) is 4.99 Å². The SMILES string of the molecule is CN=C(NCc1ccc(Br)cc1Cl)N1CCN(c2ncccn2)CC1. The van der Waals surface area contributed by atoms with Crippen molar-refractivity contribution in [3.8, 4) is 0 Å². The molecule has 8 heteroatoms. The van der Waals surface area contributed by atoms with Crippen LogP contribution in [0.2, 0.25) is 5.02 Å². The van der Waals surface area contributed by atoms with Gasteiger partial charge < -0.3 is 15.1 Å². The van der Waals surface area contributed by atoms with Crippen LogP contribution in [0.25, 0.3) is 0 Å². The van der Waals surface area contributed by atoms with Gasteiger partial charge in [0.1, 0.15) is 0 Å². The van der Waals surface area contributed by atoms with E-state index in [1.165, 1.54) is 0 Å². The molecule has 0 amide bonds. The first-order valence-electron chi connectivity index (χ1n) is 8.09. The van der Waals surface area contributed by atoms with Crippen molar-refractivity contribution in [3.63, 3.8) is 0 Å². The molecule has 25 heavy (non-hydrogen) atoms. The zero-order valence-electron chi connectivity index (χ0n) is 14.0. The molecule has 0 saturated carbocycles. The van der Waals surface area contributed by atoms with Gasteiger partial charge >= 0.3 is 0 Å². The van der Waals surface area contributed by atoms with Crippen molar-refractivity contribution < 1.29 is 0 Å². The quantitative estimate of drug-likeness (QED) is 0.608. The Morgan fingerprint density at radius 1 is 1.24 bits per heavy atom. The minimum absolute atomic E-state index is 0.640. The Balaban J connectivity index is 1.56. The molecule has 1 aromatic carbocycles. The number of hydrogen-bond acceptors (Lipinski definition) is 4. The molecule has 2 aromatic rings. The fraction of sp³-hybridized carbons (Fsp3) is 0.353. The molecule has 0 aliphatic carbocycles. The molecule has 1 aliphatic rings. The highest BCUT2D eigenvalue weighted by Crippen LogP contribution is 2.21. The summed E-state index contributed by atoms with van der Waals surface area (Å²) in [6.45, 7) is 4.10. The Bertz CT molecular complexity index is 731. The van der Waals surface area contributed by atoms with Crippen LogP contribution in [0, 0.1) is 0 Å². The topological polar surface area (TPSA) is 56.7 Å². The average Bonchev–Trinajstić information content (AvgIpc) is 2.65. The minimum Gasteiger partial charge on any atom is -0.352 e. The molecule has 0 atom stereocenters. The first-order valence-corrected chi connectivity index (χ1v) is 9.26. The van der Waals surface area contributed by atoms with Gasteiger partial charge in [-0.15, -0.1) is 0 Å². The molecular weight excluding hydrogens is 404 g/mol. The number of benzene rings is 1. The number of rotatable bonds is 3. The second-order valence-electron chi connectivity index (χ2n) is 5.66. The fourth-order valence-electron chi connectivity index (χ4n) is 2.74. The summed E-state index contributed by atoms with van der Waals surface area (Å²) in [4.78, 5) is 17.5. The van der Waals surface area contributed by atoms with Crippen LogP contribution in [-0.4, -0.2) is 54.1 Å². The van der Waals surface area contributed by atoms with Gasteiger partial charge in [0, 0.05) is 61.7 Å². The largest absolute Gasteiger partial charge is 0.352 e.